The third-order valence-corrected chi connectivity index (χ3v) is 10.7. The Bertz CT molecular complexity index is 2610. The van der Waals surface area contributed by atoms with E-state index in [1.54, 1.807) is 0 Å². The Morgan fingerprint density at radius 3 is 1.14 bits per heavy atom. The van der Waals surface area contributed by atoms with Crippen LogP contribution >= 0.6 is 0 Å². The fourth-order valence-corrected chi connectivity index (χ4v) is 6.81. The van der Waals surface area contributed by atoms with Gasteiger partial charge in [0.1, 0.15) is 35.2 Å². The summed E-state index contributed by atoms with van der Waals surface area (Å²) in [5.41, 5.74) is 1.70. The lowest BCUT2D eigenvalue weighted by Gasteiger charge is -2.17. The third kappa shape index (κ3) is 15.6. The molecule has 20 heteroatoms. The van der Waals surface area contributed by atoms with E-state index in [2.05, 4.69) is 6.58 Å². The molecule has 0 radical (unpaired) electrons. The standard InChI is InChI=1S/C52H48O20/c1-2-43(53)61-25-3-5-27-63-51(59)69-39-21-13-33(14-22-39)47(55)67-37-17-9-35(10-18-37)49(57)71-41-30-65-46-42(31-66-45(41)46)72-50(58)36-11-19-38(20-12-36)68-48(56)34-15-23-40(24-16-34)70-52(60)64-28-6-4-26-62-44(54)29-32-7-8-32/h2,9-24,29,41-42,45-46H,1,3-8,25-28,30-31H2/t41?,42-,45?,46?/m1/s1. The molecule has 0 amide bonds. The normalized spacial score (nSPS) is 17.2. The molecule has 3 fully saturated rings. The van der Waals surface area contributed by atoms with Crippen LogP contribution in [-0.2, 0) is 47.5 Å². The average Bonchev–Trinajstić information content (AvgIpc) is 3.98. The third-order valence-electron chi connectivity index (χ3n) is 10.7. The van der Waals surface area contributed by atoms with Crippen molar-refractivity contribution in [2.75, 3.05) is 39.6 Å². The maximum Gasteiger partial charge on any atom is 0.513 e. The predicted octanol–water partition coefficient (Wildman–Crippen LogP) is 7.26. The van der Waals surface area contributed by atoms with Gasteiger partial charge in [0.15, 0.2) is 12.2 Å². The van der Waals surface area contributed by atoms with Crippen molar-refractivity contribution >= 4 is 48.1 Å². The van der Waals surface area contributed by atoms with Crippen molar-refractivity contribution < 1.29 is 95.2 Å². The van der Waals surface area contributed by atoms with Crippen LogP contribution in [0.15, 0.2) is 121 Å². The van der Waals surface area contributed by atoms with Crippen molar-refractivity contribution in [3.63, 3.8) is 0 Å². The highest BCUT2D eigenvalue weighted by atomic mass is 16.7. The number of carbonyl (C=O) groups is 8. The minimum atomic E-state index is -0.944. The largest absolute Gasteiger partial charge is 0.513 e. The van der Waals surface area contributed by atoms with Gasteiger partial charge in [-0.15, -0.1) is 0 Å². The van der Waals surface area contributed by atoms with Gasteiger partial charge in [-0.2, -0.15) is 0 Å². The quantitative estimate of drug-likeness (QED) is 0.0188. The molecule has 2 aliphatic heterocycles. The zero-order chi connectivity index (χ0) is 50.8. The maximum atomic E-state index is 13.1. The van der Waals surface area contributed by atoms with Crippen LogP contribution < -0.4 is 18.9 Å². The number of ether oxygens (including phenoxy) is 12. The van der Waals surface area contributed by atoms with Crippen LogP contribution in [0.1, 0.15) is 80.0 Å². The van der Waals surface area contributed by atoms with Crippen molar-refractivity contribution in [3.8, 4) is 23.0 Å². The van der Waals surface area contributed by atoms with Crippen LogP contribution in [0, 0.1) is 0 Å². The molecule has 4 aromatic carbocycles. The van der Waals surface area contributed by atoms with Crippen LogP contribution in [0.5, 0.6) is 23.0 Å². The lowest BCUT2D eigenvalue weighted by Crippen LogP contribution is -2.36. The Morgan fingerprint density at radius 1 is 0.444 bits per heavy atom. The minimum absolute atomic E-state index is 0.0177. The molecular weight excluding hydrogens is 945 g/mol. The smallest absolute Gasteiger partial charge is 0.463 e. The second kappa shape index (κ2) is 25.5. The molecule has 72 heavy (non-hydrogen) atoms. The van der Waals surface area contributed by atoms with Crippen LogP contribution in [0.2, 0.25) is 0 Å². The first kappa shape index (κ1) is 51.5. The van der Waals surface area contributed by atoms with Crippen molar-refractivity contribution in [1.29, 1.82) is 0 Å². The Hall–Kier alpha value is -8.36. The number of hydrogen-bond acceptors (Lipinski definition) is 20. The number of carbonyl (C=O) groups excluding carboxylic acids is 8. The van der Waals surface area contributed by atoms with E-state index in [0.717, 1.165) is 24.5 Å². The minimum Gasteiger partial charge on any atom is -0.463 e. The number of allylic oxidation sites excluding steroid dienone is 1. The molecule has 2 saturated heterocycles. The second-order valence-corrected chi connectivity index (χ2v) is 16.0. The molecule has 20 nitrogen and oxygen atoms in total. The van der Waals surface area contributed by atoms with Crippen molar-refractivity contribution in [2.24, 2.45) is 0 Å². The summed E-state index contributed by atoms with van der Waals surface area (Å²) >= 11 is 0. The van der Waals surface area contributed by atoms with Gasteiger partial charge in [0, 0.05) is 12.2 Å². The summed E-state index contributed by atoms with van der Waals surface area (Å²) in [7, 11) is 0. The number of esters is 6. The molecule has 1 aliphatic carbocycles. The topological polar surface area (TPSA) is 247 Å². The highest BCUT2D eigenvalue weighted by molar-refractivity contribution is 5.93. The fraction of sp³-hybridized carbons (Fsp3) is 0.308. The SMILES string of the molecule is C=CC(=O)OCCCCOC(=O)Oc1ccc(C(=O)Oc2ccc(C(=O)OC3COC4C3OC[C@H]4OC(=O)c3ccc(OC(=O)c4ccc(OC(=O)OCCCCOC(=O)C=C5CC5)cc4)cc3)cc2)cc1. The van der Waals surface area contributed by atoms with E-state index in [1.165, 1.54) is 103 Å². The highest BCUT2D eigenvalue weighted by Crippen LogP contribution is 2.32. The molecule has 1 saturated carbocycles. The van der Waals surface area contributed by atoms with Crippen LogP contribution in [0.3, 0.4) is 0 Å². The second-order valence-electron chi connectivity index (χ2n) is 16.0. The first-order valence-electron chi connectivity index (χ1n) is 22.7. The van der Waals surface area contributed by atoms with Gasteiger partial charge in [-0.25, -0.2) is 38.4 Å². The number of rotatable bonds is 22. The number of unbranched alkanes of at least 4 members (excludes halogenated alkanes) is 2. The highest BCUT2D eigenvalue weighted by Gasteiger charge is 2.51. The molecule has 4 aromatic rings. The van der Waals surface area contributed by atoms with E-state index < -0.39 is 66.6 Å². The molecule has 376 valence electrons. The summed E-state index contributed by atoms with van der Waals surface area (Å²) in [6, 6.07) is 22.5. The van der Waals surface area contributed by atoms with E-state index in [1.807, 2.05) is 0 Å². The maximum absolute atomic E-state index is 13.1. The average molecular weight is 993 g/mol. The summed E-state index contributed by atoms with van der Waals surface area (Å²) in [4.78, 5) is 98.3. The van der Waals surface area contributed by atoms with Crippen molar-refractivity contribution in [1.82, 2.24) is 0 Å². The van der Waals surface area contributed by atoms with Crippen LogP contribution in [-0.4, -0.2) is 112 Å². The molecular formula is C52H48O20. The predicted molar refractivity (Wildman–Crippen MR) is 245 cm³/mol. The van der Waals surface area contributed by atoms with E-state index in [4.69, 9.17) is 56.8 Å². The number of fused-ring (bicyclic) bond motifs is 1. The van der Waals surface area contributed by atoms with E-state index in [9.17, 15) is 38.4 Å². The Balaban J connectivity index is 0.776. The molecule has 0 aromatic heterocycles. The zero-order valence-corrected chi connectivity index (χ0v) is 38.6. The van der Waals surface area contributed by atoms with Gasteiger partial charge in [0.05, 0.1) is 61.9 Å². The van der Waals surface area contributed by atoms with Crippen molar-refractivity contribution in [2.45, 2.75) is 62.9 Å². The van der Waals surface area contributed by atoms with Gasteiger partial charge in [0.2, 0.25) is 0 Å². The number of benzene rings is 4. The lowest BCUT2D eigenvalue weighted by molar-refractivity contribution is -0.138. The summed E-state index contributed by atoms with van der Waals surface area (Å²) in [5.74, 6) is -3.15. The summed E-state index contributed by atoms with van der Waals surface area (Å²) in [5, 5.41) is 0. The summed E-state index contributed by atoms with van der Waals surface area (Å²) < 4.78 is 64.1. The Kier molecular flexibility index (Phi) is 18.2. The van der Waals surface area contributed by atoms with Gasteiger partial charge >= 0.3 is 48.1 Å². The first-order valence-corrected chi connectivity index (χ1v) is 22.7. The molecule has 0 bridgehead atoms. The molecule has 7 rings (SSSR count). The number of hydrogen-bond donors (Lipinski definition) is 0. The zero-order valence-electron chi connectivity index (χ0n) is 38.6. The monoisotopic (exact) mass is 992 g/mol. The van der Waals surface area contributed by atoms with Gasteiger partial charge < -0.3 is 56.8 Å². The van der Waals surface area contributed by atoms with Gasteiger partial charge in [-0.1, -0.05) is 12.2 Å². The first-order chi connectivity index (χ1) is 34.9. The van der Waals surface area contributed by atoms with Crippen LogP contribution in [0.25, 0.3) is 0 Å². The Labute approximate surface area is 411 Å². The molecule has 0 spiro atoms. The van der Waals surface area contributed by atoms with Gasteiger partial charge in [-0.05, 0) is 136 Å². The van der Waals surface area contributed by atoms with Gasteiger partial charge in [0.25, 0.3) is 0 Å². The lowest BCUT2D eigenvalue weighted by atomic mass is 10.1. The van der Waals surface area contributed by atoms with E-state index in [-0.39, 0.29) is 90.9 Å². The van der Waals surface area contributed by atoms with Gasteiger partial charge in [-0.3, -0.25) is 0 Å². The summed E-state index contributed by atoms with van der Waals surface area (Å²) in [6.45, 7) is 3.76. The Morgan fingerprint density at radius 2 is 0.778 bits per heavy atom. The molecule has 2 heterocycles. The molecule has 3 aliphatic rings. The molecule has 4 atom stereocenters. The van der Waals surface area contributed by atoms with Crippen LogP contribution in [0.4, 0.5) is 9.59 Å². The van der Waals surface area contributed by atoms with E-state index in [0.29, 0.717) is 25.7 Å². The van der Waals surface area contributed by atoms with E-state index >= 15 is 0 Å². The fourth-order valence-electron chi connectivity index (χ4n) is 6.81. The molecule has 0 N–H and O–H groups in total. The summed E-state index contributed by atoms with van der Waals surface area (Å²) in [6.07, 6.45) is 1.40. The van der Waals surface area contributed by atoms with Crippen molar-refractivity contribution in [3.05, 3.63) is 144 Å². The molecule has 3 unspecified atom stereocenters.